The van der Waals surface area contributed by atoms with Crippen molar-refractivity contribution in [3.8, 4) is 0 Å². The summed E-state index contributed by atoms with van der Waals surface area (Å²) < 4.78 is 13.5. The number of aliphatic hydroxyl groups is 1. The van der Waals surface area contributed by atoms with Crippen molar-refractivity contribution in [3.05, 3.63) is 65.2 Å². The largest absolute Gasteiger partial charge is 0.392 e. The summed E-state index contributed by atoms with van der Waals surface area (Å²) in [6.45, 7) is 10.4. The first-order chi connectivity index (χ1) is 20.5. The number of hydrogen-bond donors (Lipinski definition) is 3. The number of carbonyl (C=O) groups excluding carboxylic acids is 2. The van der Waals surface area contributed by atoms with Crippen molar-refractivity contribution in [1.29, 1.82) is 0 Å². The number of rotatable bonds is 7. The number of amides is 2. The average molecular weight is 592 g/mol. The Kier molecular flexibility index (Phi) is 9.91. The molecular weight excluding hydrogens is 542 g/mol. The monoisotopic (exact) mass is 591 g/mol. The molecular formula is C35H49N3O5. The minimum atomic E-state index is -0.647. The summed E-state index contributed by atoms with van der Waals surface area (Å²) in [6, 6.07) is 15.7. The van der Waals surface area contributed by atoms with E-state index in [0.717, 1.165) is 36.0 Å². The molecule has 2 aliphatic heterocycles. The van der Waals surface area contributed by atoms with Crippen molar-refractivity contribution < 1.29 is 24.2 Å². The van der Waals surface area contributed by atoms with Crippen LogP contribution in [0.1, 0.15) is 102 Å². The quantitative estimate of drug-likeness (QED) is 0.373. The van der Waals surface area contributed by atoms with Crippen LogP contribution in [0.3, 0.4) is 0 Å². The Morgan fingerprint density at radius 1 is 0.977 bits per heavy atom. The molecule has 1 aliphatic carbocycles. The number of aliphatic hydroxyl groups excluding tert-OH is 1. The van der Waals surface area contributed by atoms with Gasteiger partial charge in [0.25, 0.3) is 0 Å². The summed E-state index contributed by atoms with van der Waals surface area (Å²) in [6.07, 6.45) is 5.62. The predicted octanol–water partition coefficient (Wildman–Crippen LogP) is 5.87. The van der Waals surface area contributed by atoms with Gasteiger partial charge in [0, 0.05) is 42.2 Å². The van der Waals surface area contributed by atoms with Gasteiger partial charge in [0.2, 0.25) is 11.8 Å². The predicted molar refractivity (Wildman–Crippen MR) is 167 cm³/mol. The lowest BCUT2D eigenvalue weighted by Gasteiger charge is -2.51. The van der Waals surface area contributed by atoms with E-state index in [0.29, 0.717) is 24.2 Å². The van der Waals surface area contributed by atoms with E-state index in [9.17, 15) is 14.7 Å². The molecule has 0 unspecified atom stereocenters. The molecule has 43 heavy (non-hydrogen) atoms. The molecule has 8 nitrogen and oxygen atoms in total. The molecule has 2 saturated heterocycles. The molecule has 7 atom stereocenters. The van der Waals surface area contributed by atoms with Gasteiger partial charge in [0.15, 0.2) is 6.29 Å². The van der Waals surface area contributed by atoms with Crippen LogP contribution in [0.4, 0.5) is 5.69 Å². The number of benzene rings is 2. The number of nitrogens with zero attached hydrogens (tertiary/aromatic N) is 1. The second kappa shape index (κ2) is 13.5. The van der Waals surface area contributed by atoms with Gasteiger partial charge in [-0.2, -0.15) is 0 Å². The van der Waals surface area contributed by atoms with E-state index in [1.165, 1.54) is 26.2 Å². The number of hydrogen-bond acceptors (Lipinski definition) is 6. The number of piperidine rings is 1. The fourth-order valence-electron chi connectivity index (χ4n) is 7.23. The molecule has 2 amide bonds. The van der Waals surface area contributed by atoms with Crippen LogP contribution in [-0.2, 0) is 25.7 Å². The van der Waals surface area contributed by atoms with Gasteiger partial charge < -0.3 is 25.2 Å². The van der Waals surface area contributed by atoms with E-state index in [-0.39, 0.29) is 48.1 Å². The fourth-order valence-corrected chi connectivity index (χ4v) is 7.23. The molecule has 0 aromatic heterocycles. The Hall–Kier alpha value is -2.78. The normalized spacial score (nSPS) is 29.9. The molecule has 0 radical (unpaired) electrons. The molecule has 2 aromatic rings. The lowest BCUT2D eigenvalue weighted by Crippen LogP contribution is -2.61. The molecule has 5 rings (SSSR count). The molecule has 3 aliphatic rings. The Bertz CT molecular complexity index is 1260. The van der Waals surface area contributed by atoms with Crippen LogP contribution in [0.25, 0.3) is 0 Å². The van der Waals surface area contributed by atoms with Gasteiger partial charge in [0.1, 0.15) is 0 Å². The maximum atomic E-state index is 13.7. The van der Waals surface area contributed by atoms with Crippen LogP contribution >= 0.6 is 0 Å². The molecule has 3 fully saturated rings. The van der Waals surface area contributed by atoms with E-state index in [2.05, 4.69) is 22.5 Å². The van der Waals surface area contributed by atoms with E-state index >= 15 is 0 Å². The molecule has 2 aromatic carbocycles. The molecule has 0 spiro atoms. The van der Waals surface area contributed by atoms with Gasteiger partial charge in [-0.15, -0.1) is 0 Å². The van der Waals surface area contributed by atoms with Crippen molar-refractivity contribution in [2.45, 2.75) is 116 Å². The van der Waals surface area contributed by atoms with Crippen molar-refractivity contribution in [3.63, 3.8) is 0 Å². The summed E-state index contributed by atoms with van der Waals surface area (Å²) in [5.41, 5.74) is 3.10. The first-order valence-corrected chi connectivity index (χ1v) is 16.0. The molecule has 234 valence electrons. The summed E-state index contributed by atoms with van der Waals surface area (Å²) in [7, 11) is 0. The standard InChI is InChI=1S/C35H49N3O5/c1-22-31(20-38-29-12-7-6-9-25(29)17-18-30(38)33(41)37-35(3,4)5)42-34(27-10-8-11-28(19-27)36-23(2)40)43-32(22)26-15-13-24(21-39)14-16-26/h8,10-11,13-16,19,22,25,29-32,34,39H,6-7,9,12,17-18,20-21H2,1-5H3,(H,36,40)(H,37,41)/t22-,25+,29+,30+,31+,32+,34+/m0/s1. The van der Waals surface area contributed by atoms with Gasteiger partial charge in [-0.3, -0.25) is 14.5 Å². The van der Waals surface area contributed by atoms with Gasteiger partial charge >= 0.3 is 0 Å². The van der Waals surface area contributed by atoms with Crippen molar-refractivity contribution in [2.75, 3.05) is 11.9 Å². The molecule has 8 heteroatoms. The molecule has 3 N–H and O–H groups in total. The maximum absolute atomic E-state index is 13.7. The fraction of sp³-hybridized carbons (Fsp3) is 0.600. The zero-order valence-electron chi connectivity index (χ0n) is 26.3. The zero-order valence-corrected chi connectivity index (χ0v) is 26.3. The molecule has 1 saturated carbocycles. The second-order valence-electron chi connectivity index (χ2n) is 13.8. The summed E-state index contributed by atoms with van der Waals surface area (Å²) in [5, 5.41) is 15.7. The highest BCUT2D eigenvalue weighted by molar-refractivity contribution is 5.88. The smallest absolute Gasteiger partial charge is 0.237 e. The van der Waals surface area contributed by atoms with Crippen LogP contribution in [0.5, 0.6) is 0 Å². The third-order valence-electron chi connectivity index (χ3n) is 9.30. The van der Waals surface area contributed by atoms with Crippen molar-refractivity contribution in [1.82, 2.24) is 10.2 Å². The SMILES string of the molecule is CC(=O)Nc1cccc([C@@H]2O[C@H](CN3[C@@H](C(=O)NC(C)(C)C)CC[C@H]4CCCC[C@H]43)[C@H](C)[C@H](c3ccc(CO)cc3)O2)c1. The summed E-state index contributed by atoms with van der Waals surface area (Å²) >= 11 is 0. The van der Waals surface area contributed by atoms with Crippen molar-refractivity contribution >= 4 is 17.5 Å². The summed E-state index contributed by atoms with van der Waals surface area (Å²) in [4.78, 5) is 27.9. The van der Waals surface area contributed by atoms with Gasteiger partial charge in [-0.25, -0.2) is 0 Å². The Morgan fingerprint density at radius 2 is 1.72 bits per heavy atom. The van der Waals surface area contributed by atoms with Crippen LogP contribution in [-0.4, -0.2) is 52.1 Å². The maximum Gasteiger partial charge on any atom is 0.237 e. The van der Waals surface area contributed by atoms with Crippen LogP contribution in [0.15, 0.2) is 48.5 Å². The number of nitrogens with one attached hydrogen (secondary N) is 2. The average Bonchev–Trinajstić information content (AvgIpc) is 2.97. The van der Waals surface area contributed by atoms with Gasteiger partial charge in [-0.1, -0.05) is 56.2 Å². The minimum absolute atomic E-state index is 0.00467. The van der Waals surface area contributed by atoms with Crippen molar-refractivity contribution in [2.24, 2.45) is 11.8 Å². The highest BCUT2D eigenvalue weighted by Gasteiger charge is 2.46. The highest BCUT2D eigenvalue weighted by Crippen LogP contribution is 2.44. The Morgan fingerprint density at radius 3 is 2.42 bits per heavy atom. The van der Waals surface area contributed by atoms with Crippen LogP contribution in [0, 0.1) is 11.8 Å². The molecule has 2 heterocycles. The summed E-state index contributed by atoms with van der Waals surface area (Å²) in [5.74, 6) is 0.578. The third-order valence-corrected chi connectivity index (χ3v) is 9.30. The first kappa shape index (κ1) is 31.6. The van der Waals surface area contributed by atoms with Gasteiger partial charge in [0.05, 0.1) is 24.9 Å². The van der Waals surface area contributed by atoms with Crippen LogP contribution < -0.4 is 10.6 Å². The second-order valence-corrected chi connectivity index (χ2v) is 13.8. The lowest BCUT2D eigenvalue weighted by atomic mass is 9.75. The number of likely N-dealkylation sites (tertiary alicyclic amines) is 1. The molecule has 0 bridgehead atoms. The van der Waals surface area contributed by atoms with Crippen LogP contribution in [0.2, 0.25) is 0 Å². The van der Waals surface area contributed by atoms with E-state index in [4.69, 9.17) is 9.47 Å². The number of fused-ring (bicyclic) bond motifs is 1. The Balaban J connectivity index is 1.47. The van der Waals surface area contributed by atoms with E-state index < -0.39 is 6.29 Å². The van der Waals surface area contributed by atoms with E-state index in [1.54, 1.807) is 0 Å². The highest BCUT2D eigenvalue weighted by atomic mass is 16.7. The number of anilines is 1. The number of ether oxygens (including phenoxy) is 2. The third kappa shape index (κ3) is 7.66. The Labute approximate surface area is 256 Å². The lowest BCUT2D eigenvalue weighted by molar-refractivity contribution is -0.278. The zero-order chi connectivity index (χ0) is 30.7. The van der Waals surface area contributed by atoms with E-state index in [1.807, 2.05) is 69.3 Å². The number of carbonyl (C=O) groups is 2. The minimum Gasteiger partial charge on any atom is -0.392 e. The van der Waals surface area contributed by atoms with Gasteiger partial charge in [-0.05, 0) is 75.6 Å². The first-order valence-electron chi connectivity index (χ1n) is 16.0. The topological polar surface area (TPSA) is 100 Å².